The van der Waals surface area contributed by atoms with Crippen molar-refractivity contribution in [3.05, 3.63) is 60.3 Å². The summed E-state index contributed by atoms with van der Waals surface area (Å²) < 4.78 is 0. The summed E-state index contributed by atoms with van der Waals surface area (Å²) in [5.74, 6) is 0. The van der Waals surface area contributed by atoms with Crippen molar-refractivity contribution in [3.8, 4) is 0 Å². The molecule has 2 aliphatic heterocycles. The Bertz CT molecular complexity index is 370. The number of nitrogens with zero attached hydrogens (tertiary/aromatic N) is 2. The van der Waals surface area contributed by atoms with Gasteiger partial charge in [0.05, 0.1) is 6.61 Å². The predicted molar refractivity (Wildman–Crippen MR) is 65.1 cm³/mol. The van der Waals surface area contributed by atoms with Gasteiger partial charge in [-0.25, -0.2) is 0 Å². The van der Waals surface area contributed by atoms with Crippen LogP contribution in [0.5, 0.6) is 0 Å². The van der Waals surface area contributed by atoms with Crippen molar-refractivity contribution in [2.24, 2.45) is 0 Å². The first-order chi connectivity index (χ1) is 7.79. The zero-order chi connectivity index (χ0) is 11.4. The van der Waals surface area contributed by atoms with Crippen LogP contribution in [0.1, 0.15) is 0 Å². The minimum atomic E-state index is 0.172. The number of β-amino-alcohol motifs (C(OH)–C–C–N with tert-alkyl or cyclic N) is 1. The molecule has 3 heteroatoms. The number of aliphatic hydroxyl groups excluding tert-OH is 1. The average molecular weight is 216 g/mol. The van der Waals surface area contributed by atoms with E-state index < -0.39 is 0 Å². The van der Waals surface area contributed by atoms with E-state index in [4.69, 9.17) is 5.11 Å². The first kappa shape index (κ1) is 10.8. The van der Waals surface area contributed by atoms with Gasteiger partial charge in [-0.3, -0.25) is 0 Å². The zero-order valence-corrected chi connectivity index (χ0v) is 9.37. The normalized spacial score (nSPS) is 18.9. The molecule has 0 unspecified atom stereocenters. The molecular weight excluding hydrogens is 200 g/mol. The molecule has 0 aromatic carbocycles. The zero-order valence-electron chi connectivity index (χ0n) is 9.37. The minimum absolute atomic E-state index is 0.172. The first-order valence-corrected chi connectivity index (χ1v) is 5.35. The van der Waals surface area contributed by atoms with Gasteiger partial charge in [-0.15, -0.1) is 0 Å². The van der Waals surface area contributed by atoms with Gasteiger partial charge in [0.15, 0.2) is 0 Å². The Labute approximate surface area is 96.0 Å². The van der Waals surface area contributed by atoms with E-state index in [1.54, 1.807) is 0 Å². The molecule has 3 nitrogen and oxygen atoms in total. The second-order valence-corrected chi connectivity index (χ2v) is 3.80. The van der Waals surface area contributed by atoms with Gasteiger partial charge in [0.2, 0.25) is 0 Å². The third-order valence-corrected chi connectivity index (χ3v) is 2.56. The largest absolute Gasteiger partial charge is 0.395 e. The summed E-state index contributed by atoms with van der Waals surface area (Å²) in [6, 6.07) is 0. The quantitative estimate of drug-likeness (QED) is 0.759. The molecule has 0 amide bonds. The van der Waals surface area contributed by atoms with Crippen molar-refractivity contribution < 1.29 is 5.11 Å². The van der Waals surface area contributed by atoms with Crippen molar-refractivity contribution in [1.29, 1.82) is 0 Å². The molecule has 0 bridgehead atoms. The highest BCUT2D eigenvalue weighted by molar-refractivity contribution is 5.48. The Hall–Kier alpha value is -1.74. The van der Waals surface area contributed by atoms with E-state index in [0.717, 1.165) is 0 Å². The van der Waals surface area contributed by atoms with Crippen molar-refractivity contribution in [3.63, 3.8) is 0 Å². The summed E-state index contributed by atoms with van der Waals surface area (Å²) in [5.41, 5.74) is 2.39. The molecule has 2 heterocycles. The first-order valence-electron chi connectivity index (χ1n) is 5.35. The maximum Gasteiger partial charge on any atom is 0.0610 e. The van der Waals surface area contributed by atoms with Crippen LogP contribution in [0.2, 0.25) is 0 Å². The summed E-state index contributed by atoms with van der Waals surface area (Å²) in [7, 11) is 2.00. The third-order valence-electron chi connectivity index (χ3n) is 2.56. The van der Waals surface area contributed by atoms with Crippen LogP contribution in [0.15, 0.2) is 60.3 Å². The molecule has 0 atom stereocenters. The molecule has 16 heavy (non-hydrogen) atoms. The Balaban J connectivity index is 2.11. The molecule has 0 aromatic heterocycles. The summed E-state index contributed by atoms with van der Waals surface area (Å²) >= 11 is 0. The fourth-order valence-electron chi connectivity index (χ4n) is 1.61. The predicted octanol–water partition coefficient (Wildman–Crippen LogP) is 1.59. The molecule has 84 valence electrons. The van der Waals surface area contributed by atoms with E-state index >= 15 is 0 Å². The molecule has 0 saturated carbocycles. The molecule has 0 spiro atoms. The van der Waals surface area contributed by atoms with Gasteiger partial charge >= 0.3 is 0 Å². The molecule has 0 saturated heterocycles. The standard InChI is InChI=1S/C13H16N2O/c1-14-6-2-12(3-7-14)13-4-8-15(9-5-13)10-11-16/h2-9,16H,10-11H2,1H3. The lowest BCUT2D eigenvalue weighted by Crippen LogP contribution is -2.16. The maximum absolute atomic E-state index is 8.81. The van der Waals surface area contributed by atoms with E-state index in [1.165, 1.54) is 11.1 Å². The summed E-state index contributed by atoms with van der Waals surface area (Å²) in [6.07, 6.45) is 16.3. The molecule has 0 aliphatic carbocycles. The monoisotopic (exact) mass is 216 g/mol. The van der Waals surface area contributed by atoms with Gasteiger partial charge in [-0.1, -0.05) is 0 Å². The molecule has 2 rings (SSSR count). The van der Waals surface area contributed by atoms with Crippen LogP contribution in [0.4, 0.5) is 0 Å². The van der Waals surface area contributed by atoms with Gasteiger partial charge < -0.3 is 14.9 Å². The van der Waals surface area contributed by atoms with Crippen LogP contribution >= 0.6 is 0 Å². The van der Waals surface area contributed by atoms with Gasteiger partial charge in [0.1, 0.15) is 0 Å². The van der Waals surface area contributed by atoms with Crippen LogP contribution in [0.25, 0.3) is 0 Å². The topological polar surface area (TPSA) is 26.7 Å². The van der Waals surface area contributed by atoms with Crippen molar-refractivity contribution in [1.82, 2.24) is 9.80 Å². The highest BCUT2D eigenvalue weighted by Crippen LogP contribution is 2.18. The van der Waals surface area contributed by atoms with Crippen LogP contribution in [0, 0.1) is 0 Å². The SMILES string of the molecule is CN1C=CC(=C2C=CN(CCO)C=C2)C=C1. The molecule has 1 N–H and O–H groups in total. The van der Waals surface area contributed by atoms with Gasteiger partial charge in [0, 0.05) is 38.4 Å². The Morgan fingerprint density at radius 3 is 1.94 bits per heavy atom. The van der Waals surface area contributed by atoms with E-state index in [9.17, 15) is 0 Å². The van der Waals surface area contributed by atoms with Crippen molar-refractivity contribution in [2.45, 2.75) is 0 Å². The fraction of sp³-hybridized carbons (Fsp3) is 0.231. The van der Waals surface area contributed by atoms with E-state index in [1.807, 2.05) is 41.6 Å². The molecular formula is C13H16N2O. The Morgan fingerprint density at radius 1 is 0.938 bits per heavy atom. The molecule has 0 aromatic rings. The minimum Gasteiger partial charge on any atom is -0.395 e. The second kappa shape index (κ2) is 4.86. The lowest BCUT2D eigenvalue weighted by molar-refractivity contribution is 0.263. The van der Waals surface area contributed by atoms with Crippen molar-refractivity contribution >= 4 is 0 Å². The second-order valence-electron chi connectivity index (χ2n) is 3.80. The smallest absolute Gasteiger partial charge is 0.0610 e. The highest BCUT2D eigenvalue weighted by atomic mass is 16.3. The number of hydrogen-bond acceptors (Lipinski definition) is 3. The number of hydrogen-bond donors (Lipinski definition) is 1. The summed E-state index contributed by atoms with van der Waals surface area (Å²) in [5, 5.41) is 8.81. The average Bonchev–Trinajstić information content (AvgIpc) is 2.32. The van der Waals surface area contributed by atoms with Crippen LogP contribution < -0.4 is 0 Å². The Kier molecular flexibility index (Phi) is 3.27. The van der Waals surface area contributed by atoms with Crippen molar-refractivity contribution in [2.75, 3.05) is 20.2 Å². The van der Waals surface area contributed by atoms with E-state index in [-0.39, 0.29) is 6.61 Å². The van der Waals surface area contributed by atoms with Gasteiger partial charge in [0.25, 0.3) is 0 Å². The third kappa shape index (κ3) is 2.44. The molecule has 0 radical (unpaired) electrons. The van der Waals surface area contributed by atoms with Gasteiger partial charge in [-0.2, -0.15) is 0 Å². The van der Waals surface area contributed by atoms with Gasteiger partial charge in [-0.05, 0) is 35.5 Å². The summed E-state index contributed by atoms with van der Waals surface area (Å²) in [4.78, 5) is 3.98. The van der Waals surface area contributed by atoms with Crippen LogP contribution in [0.3, 0.4) is 0 Å². The summed E-state index contributed by atoms with van der Waals surface area (Å²) in [6.45, 7) is 0.815. The van der Waals surface area contributed by atoms with Crippen LogP contribution in [-0.4, -0.2) is 35.1 Å². The maximum atomic E-state index is 8.81. The lowest BCUT2D eigenvalue weighted by Gasteiger charge is -2.19. The number of allylic oxidation sites excluding steroid dienone is 6. The molecule has 2 aliphatic rings. The highest BCUT2D eigenvalue weighted by Gasteiger charge is 2.04. The number of aliphatic hydroxyl groups is 1. The molecule has 0 fully saturated rings. The fourth-order valence-corrected chi connectivity index (χ4v) is 1.61. The van der Waals surface area contributed by atoms with Crippen LogP contribution in [-0.2, 0) is 0 Å². The van der Waals surface area contributed by atoms with E-state index in [2.05, 4.69) is 24.3 Å². The number of rotatable bonds is 2. The van der Waals surface area contributed by atoms with E-state index in [0.29, 0.717) is 6.54 Å². The Morgan fingerprint density at radius 2 is 1.44 bits per heavy atom. The lowest BCUT2D eigenvalue weighted by atomic mass is 10.1.